The number of amides is 1. The summed E-state index contributed by atoms with van der Waals surface area (Å²) in [6.07, 6.45) is 6.16. The van der Waals surface area contributed by atoms with Crippen molar-refractivity contribution in [3.05, 3.63) is 35.6 Å². The Morgan fingerprint density at radius 1 is 1.25 bits per heavy atom. The lowest BCUT2D eigenvalue weighted by Gasteiger charge is -2.45. The third-order valence-electron chi connectivity index (χ3n) is 5.63. The molecule has 5 heteroatoms. The summed E-state index contributed by atoms with van der Waals surface area (Å²) in [6.45, 7) is 2.02. The van der Waals surface area contributed by atoms with Crippen molar-refractivity contribution in [3.63, 3.8) is 0 Å². The first kappa shape index (κ1) is 19.2. The maximum absolute atomic E-state index is 13.0. The first-order valence-corrected chi connectivity index (χ1v) is 8.83. The van der Waals surface area contributed by atoms with Gasteiger partial charge in [-0.15, -0.1) is 12.4 Å². The molecule has 3 unspecified atom stereocenters. The molecule has 3 N–H and O–H groups in total. The van der Waals surface area contributed by atoms with Crippen LogP contribution in [0.3, 0.4) is 0 Å². The SMILES string of the molecule is CC(CC(=O)NC1C2CCCC1CC(N)C2)c1ccc(F)cc1.Cl. The summed E-state index contributed by atoms with van der Waals surface area (Å²) in [7, 11) is 0. The van der Waals surface area contributed by atoms with E-state index in [1.807, 2.05) is 6.92 Å². The quantitative estimate of drug-likeness (QED) is 0.864. The highest BCUT2D eigenvalue weighted by atomic mass is 35.5. The molecule has 0 radical (unpaired) electrons. The first-order valence-electron chi connectivity index (χ1n) is 8.83. The molecule has 2 fully saturated rings. The Morgan fingerprint density at radius 2 is 1.83 bits per heavy atom. The number of hydrogen-bond acceptors (Lipinski definition) is 2. The van der Waals surface area contributed by atoms with Crippen molar-refractivity contribution in [2.75, 3.05) is 0 Å². The summed E-state index contributed by atoms with van der Waals surface area (Å²) in [4.78, 5) is 12.5. The van der Waals surface area contributed by atoms with Crippen molar-refractivity contribution in [1.82, 2.24) is 5.32 Å². The first-order chi connectivity index (χ1) is 11.0. The van der Waals surface area contributed by atoms with Gasteiger partial charge in [0, 0.05) is 18.5 Å². The van der Waals surface area contributed by atoms with Crippen LogP contribution in [0.25, 0.3) is 0 Å². The molecule has 1 aromatic carbocycles. The summed E-state index contributed by atoms with van der Waals surface area (Å²) < 4.78 is 13.0. The van der Waals surface area contributed by atoms with Crippen molar-refractivity contribution in [2.24, 2.45) is 17.6 Å². The Labute approximate surface area is 150 Å². The highest BCUT2D eigenvalue weighted by Crippen LogP contribution is 2.39. The van der Waals surface area contributed by atoms with Gasteiger partial charge in [0.1, 0.15) is 5.82 Å². The Hall–Kier alpha value is -1.13. The number of hydrogen-bond donors (Lipinski definition) is 2. The van der Waals surface area contributed by atoms with Gasteiger partial charge in [-0.1, -0.05) is 25.5 Å². The highest BCUT2D eigenvalue weighted by molar-refractivity contribution is 5.85. The number of fused-ring (bicyclic) bond motifs is 2. The van der Waals surface area contributed by atoms with Crippen LogP contribution in [0.5, 0.6) is 0 Å². The molecule has 3 nitrogen and oxygen atoms in total. The zero-order valence-corrected chi connectivity index (χ0v) is 15.0. The largest absolute Gasteiger partial charge is 0.353 e. The van der Waals surface area contributed by atoms with Crippen LogP contribution in [0.4, 0.5) is 4.39 Å². The van der Waals surface area contributed by atoms with E-state index in [2.05, 4.69) is 5.32 Å². The Kier molecular flexibility index (Phi) is 6.64. The van der Waals surface area contributed by atoms with Crippen LogP contribution in [0.15, 0.2) is 24.3 Å². The van der Waals surface area contributed by atoms with E-state index < -0.39 is 0 Å². The van der Waals surface area contributed by atoms with E-state index in [9.17, 15) is 9.18 Å². The molecule has 2 saturated carbocycles. The zero-order valence-electron chi connectivity index (χ0n) is 14.2. The predicted molar refractivity (Wildman–Crippen MR) is 96.7 cm³/mol. The Morgan fingerprint density at radius 3 is 2.42 bits per heavy atom. The Balaban J connectivity index is 0.00000208. The fraction of sp³-hybridized carbons (Fsp3) is 0.632. The van der Waals surface area contributed by atoms with Crippen molar-refractivity contribution in [2.45, 2.75) is 63.5 Å². The molecular weight excluding hydrogens is 327 g/mol. The molecule has 1 amide bonds. The average Bonchev–Trinajstić information content (AvgIpc) is 2.48. The third-order valence-corrected chi connectivity index (χ3v) is 5.63. The fourth-order valence-electron chi connectivity index (χ4n) is 4.46. The highest BCUT2D eigenvalue weighted by Gasteiger charge is 2.39. The summed E-state index contributed by atoms with van der Waals surface area (Å²) in [5.74, 6) is 1.06. The molecule has 1 aromatic rings. The zero-order chi connectivity index (χ0) is 16.4. The molecule has 2 bridgehead atoms. The lowest BCUT2D eigenvalue weighted by molar-refractivity contribution is -0.123. The molecule has 2 aliphatic rings. The van der Waals surface area contributed by atoms with E-state index in [0.717, 1.165) is 18.4 Å². The summed E-state index contributed by atoms with van der Waals surface area (Å²) in [5.41, 5.74) is 7.15. The maximum Gasteiger partial charge on any atom is 0.220 e. The minimum absolute atomic E-state index is 0. The number of carbonyl (C=O) groups is 1. The summed E-state index contributed by atoms with van der Waals surface area (Å²) >= 11 is 0. The van der Waals surface area contributed by atoms with Crippen LogP contribution in [0.2, 0.25) is 0 Å². The van der Waals surface area contributed by atoms with Gasteiger partial charge in [-0.2, -0.15) is 0 Å². The smallest absolute Gasteiger partial charge is 0.220 e. The van der Waals surface area contributed by atoms with Crippen LogP contribution in [-0.4, -0.2) is 18.0 Å². The normalized spacial score (nSPS) is 30.1. The fourth-order valence-corrected chi connectivity index (χ4v) is 4.46. The molecule has 3 rings (SSSR count). The molecular formula is C19H28ClFN2O. The number of carbonyl (C=O) groups excluding carboxylic acids is 1. The molecule has 0 aliphatic heterocycles. The van der Waals surface area contributed by atoms with Crippen molar-refractivity contribution in [1.29, 1.82) is 0 Å². The van der Waals surface area contributed by atoms with E-state index in [1.54, 1.807) is 12.1 Å². The van der Waals surface area contributed by atoms with E-state index in [0.29, 0.717) is 30.3 Å². The summed E-state index contributed by atoms with van der Waals surface area (Å²) in [5, 5.41) is 3.28. The minimum Gasteiger partial charge on any atom is -0.353 e. The number of nitrogens with two attached hydrogens (primary N) is 1. The van der Waals surface area contributed by atoms with Gasteiger partial charge in [-0.05, 0) is 61.1 Å². The molecule has 0 spiro atoms. The van der Waals surface area contributed by atoms with E-state index in [-0.39, 0.29) is 30.0 Å². The number of rotatable bonds is 4. The topological polar surface area (TPSA) is 55.1 Å². The Bertz CT molecular complexity index is 537. The van der Waals surface area contributed by atoms with Gasteiger partial charge in [0.05, 0.1) is 0 Å². The molecule has 0 aromatic heterocycles. The van der Waals surface area contributed by atoms with Crippen molar-refractivity contribution >= 4 is 18.3 Å². The van der Waals surface area contributed by atoms with Gasteiger partial charge >= 0.3 is 0 Å². The van der Waals surface area contributed by atoms with E-state index in [4.69, 9.17) is 5.73 Å². The molecule has 0 heterocycles. The molecule has 3 atom stereocenters. The van der Waals surface area contributed by atoms with Crippen LogP contribution >= 0.6 is 12.4 Å². The predicted octanol–water partition coefficient (Wildman–Crippen LogP) is 3.76. The van der Waals surface area contributed by atoms with Gasteiger partial charge in [0.25, 0.3) is 0 Å². The lowest BCUT2D eigenvalue weighted by Crippen LogP contribution is -2.53. The monoisotopic (exact) mass is 354 g/mol. The van der Waals surface area contributed by atoms with Gasteiger partial charge in [-0.3, -0.25) is 4.79 Å². The van der Waals surface area contributed by atoms with Crippen molar-refractivity contribution in [3.8, 4) is 0 Å². The average molecular weight is 355 g/mol. The van der Waals surface area contributed by atoms with Gasteiger partial charge < -0.3 is 11.1 Å². The molecule has 134 valence electrons. The van der Waals surface area contributed by atoms with Crippen molar-refractivity contribution < 1.29 is 9.18 Å². The number of halogens is 2. The second-order valence-corrected chi connectivity index (χ2v) is 7.43. The standard InChI is InChI=1S/C19H27FN2O.ClH/c1-12(13-5-7-16(20)8-6-13)9-18(23)22-19-14-3-2-4-15(19)11-17(21)10-14;/h5-8,12,14-15,17,19H,2-4,9-11,21H2,1H3,(H,22,23);1H. The number of nitrogens with one attached hydrogen (secondary N) is 1. The van der Waals surface area contributed by atoms with Gasteiger partial charge in [-0.25, -0.2) is 4.39 Å². The lowest BCUT2D eigenvalue weighted by atomic mass is 9.67. The van der Waals surface area contributed by atoms with Gasteiger partial charge in [0.2, 0.25) is 5.91 Å². The van der Waals surface area contributed by atoms with E-state index >= 15 is 0 Å². The molecule has 0 saturated heterocycles. The third kappa shape index (κ3) is 4.48. The van der Waals surface area contributed by atoms with Crippen LogP contribution in [-0.2, 0) is 4.79 Å². The minimum atomic E-state index is -0.239. The van der Waals surface area contributed by atoms with E-state index in [1.165, 1.54) is 31.4 Å². The maximum atomic E-state index is 13.0. The van der Waals surface area contributed by atoms with Crippen LogP contribution in [0, 0.1) is 17.7 Å². The number of benzene rings is 1. The van der Waals surface area contributed by atoms with Gasteiger partial charge in [0.15, 0.2) is 0 Å². The summed E-state index contributed by atoms with van der Waals surface area (Å²) in [6, 6.07) is 7.05. The second kappa shape index (κ2) is 8.30. The van der Waals surface area contributed by atoms with Crippen LogP contribution < -0.4 is 11.1 Å². The second-order valence-electron chi connectivity index (χ2n) is 7.43. The van der Waals surface area contributed by atoms with Crippen LogP contribution in [0.1, 0.15) is 56.9 Å². The molecule has 2 aliphatic carbocycles. The molecule has 24 heavy (non-hydrogen) atoms.